The van der Waals surface area contributed by atoms with E-state index in [2.05, 4.69) is 11.6 Å². The lowest BCUT2D eigenvalue weighted by Crippen LogP contribution is -2.22. The Bertz CT molecular complexity index is 310. The summed E-state index contributed by atoms with van der Waals surface area (Å²) in [5.74, 6) is 0. The molecular formula is C15H31NO2S. The zero-order valence-electron chi connectivity index (χ0n) is 12.7. The van der Waals surface area contributed by atoms with Gasteiger partial charge in [-0.15, -0.1) is 0 Å². The highest BCUT2D eigenvalue weighted by atomic mass is 32.2. The fourth-order valence-electron chi connectivity index (χ4n) is 1.85. The smallest absolute Gasteiger partial charge is 0.212 e. The molecule has 0 fully saturated rings. The normalized spacial score (nSPS) is 12.3. The highest BCUT2D eigenvalue weighted by molar-refractivity contribution is 7.92. The third-order valence-corrected chi connectivity index (χ3v) is 4.24. The summed E-state index contributed by atoms with van der Waals surface area (Å²) in [6.45, 7) is 4.81. The minimum Gasteiger partial charge on any atom is -0.212 e. The molecule has 0 atom stereocenters. The highest BCUT2D eigenvalue weighted by Crippen LogP contribution is 2.08. The second kappa shape index (κ2) is 12.7. The molecular weight excluding hydrogens is 258 g/mol. The number of nitrogens with one attached hydrogen (secondary N) is 1. The molecule has 1 N–H and O–H groups in total. The van der Waals surface area contributed by atoms with Crippen molar-refractivity contribution < 1.29 is 8.42 Å². The van der Waals surface area contributed by atoms with Crippen molar-refractivity contribution in [3.8, 4) is 0 Å². The molecule has 0 aromatic rings. The molecule has 0 heterocycles. The zero-order valence-corrected chi connectivity index (χ0v) is 13.5. The fourth-order valence-corrected chi connectivity index (χ4v) is 2.77. The van der Waals surface area contributed by atoms with Crippen LogP contribution in [0.15, 0.2) is 11.5 Å². The Morgan fingerprint density at radius 1 is 0.842 bits per heavy atom. The van der Waals surface area contributed by atoms with Gasteiger partial charge in [0.05, 0.1) is 0 Å². The van der Waals surface area contributed by atoms with Gasteiger partial charge in [0.25, 0.3) is 0 Å². The van der Waals surface area contributed by atoms with Gasteiger partial charge in [-0.1, -0.05) is 64.9 Å². The summed E-state index contributed by atoms with van der Waals surface area (Å²) in [7, 11) is -3.19. The Balaban J connectivity index is 3.50. The highest BCUT2D eigenvalue weighted by Gasteiger charge is 2.02. The predicted molar refractivity (Wildman–Crippen MR) is 83.6 cm³/mol. The fraction of sp³-hybridized carbons (Fsp3) is 0.867. The summed E-state index contributed by atoms with van der Waals surface area (Å²) in [5, 5.41) is 1.32. The van der Waals surface area contributed by atoms with Gasteiger partial charge in [0, 0.05) is 12.0 Å². The molecule has 0 unspecified atom stereocenters. The summed E-state index contributed by atoms with van der Waals surface area (Å²) in [4.78, 5) is 0. The van der Waals surface area contributed by atoms with Crippen LogP contribution in [0.2, 0.25) is 0 Å². The summed E-state index contributed by atoms with van der Waals surface area (Å²) in [6, 6.07) is 0. The van der Waals surface area contributed by atoms with Crippen LogP contribution in [0.1, 0.15) is 78.1 Å². The molecule has 0 radical (unpaired) electrons. The van der Waals surface area contributed by atoms with E-state index in [4.69, 9.17) is 0 Å². The number of hydrogen-bond acceptors (Lipinski definition) is 2. The average molecular weight is 289 g/mol. The minimum absolute atomic E-state index is 0.542. The topological polar surface area (TPSA) is 46.2 Å². The largest absolute Gasteiger partial charge is 0.233 e. The molecule has 0 aliphatic carbocycles. The third-order valence-electron chi connectivity index (χ3n) is 3.08. The lowest BCUT2D eigenvalue weighted by Gasteiger charge is -2.01. The van der Waals surface area contributed by atoms with Gasteiger partial charge < -0.3 is 0 Å². The lowest BCUT2D eigenvalue weighted by molar-refractivity contribution is 0.586. The van der Waals surface area contributed by atoms with Crippen molar-refractivity contribution in [1.29, 1.82) is 0 Å². The quantitative estimate of drug-likeness (QED) is 0.512. The van der Waals surface area contributed by atoms with Crippen LogP contribution < -0.4 is 4.72 Å². The molecule has 0 spiro atoms. The predicted octanol–water partition coefficient (Wildman–Crippen LogP) is 4.36. The van der Waals surface area contributed by atoms with Gasteiger partial charge in [-0.05, 0) is 19.3 Å². The maximum absolute atomic E-state index is 11.5. The Morgan fingerprint density at radius 2 is 1.42 bits per heavy atom. The van der Waals surface area contributed by atoms with E-state index in [1.54, 1.807) is 6.08 Å². The molecule has 0 aliphatic heterocycles. The molecule has 114 valence electrons. The van der Waals surface area contributed by atoms with Crippen molar-refractivity contribution in [2.75, 3.05) is 6.54 Å². The van der Waals surface area contributed by atoms with Crippen molar-refractivity contribution in [1.82, 2.24) is 4.72 Å². The molecule has 0 rings (SSSR count). The number of allylic oxidation sites excluding steroid dienone is 1. The maximum atomic E-state index is 11.5. The van der Waals surface area contributed by atoms with Crippen LogP contribution in [-0.2, 0) is 10.0 Å². The molecule has 0 aromatic carbocycles. The first-order valence-corrected chi connectivity index (χ1v) is 9.33. The Kier molecular flexibility index (Phi) is 12.4. The minimum atomic E-state index is -3.19. The van der Waals surface area contributed by atoms with Crippen molar-refractivity contribution in [3.63, 3.8) is 0 Å². The summed E-state index contributed by atoms with van der Waals surface area (Å²) >= 11 is 0. The van der Waals surface area contributed by atoms with E-state index in [1.165, 1.54) is 43.9 Å². The van der Waals surface area contributed by atoms with Gasteiger partial charge in [-0.2, -0.15) is 0 Å². The van der Waals surface area contributed by atoms with Crippen LogP contribution in [0.5, 0.6) is 0 Å². The number of unbranched alkanes of at least 4 members (excludes halogenated alkanes) is 8. The summed E-state index contributed by atoms with van der Waals surface area (Å²) in [5.41, 5.74) is 0. The van der Waals surface area contributed by atoms with Crippen molar-refractivity contribution in [2.24, 2.45) is 0 Å². The van der Waals surface area contributed by atoms with E-state index in [-0.39, 0.29) is 0 Å². The molecule has 4 heteroatoms. The first-order chi connectivity index (χ1) is 9.12. The van der Waals surface area contributed by atoms with Gasteiger partial charge in [-0.25, -0.2) is 13.1 Å². The van der Waals surface area contributed by atoms with Gasteiger partial charge in [0.2, 0.25) is 10.0 Å². The van der Waals surface area contributed by atoms with Crippen LogP contribution in [0.25, 0.3) is 0 Å². The number of hydrogen-bond donors (Lipinski definition) is 1. The number of sulfonamides is 1. The zero-order chi connectivity index (χ0) is 14.4. The Hall–Kier alpha value is -0.350. The van der Waals surface area contributed by atoms with E-state index in [0.717, 1.165) is 25.7 Å². The van der Waals surface area contributed by atoms with Crippen molar-refractivity contribution in [2.45, 2.75) is 78.1 Å². The number of rotatable bonds is 13. The standard InChI is InChI=1S/C15H31NO2S/c1-3-5-7-8-9-10-11-12-13-15-19(17,18)16-14-6-4-2/h13,15-16H,3-12,14H2,1-2H3/b15-13+. The first-order valence-electron chi connectivity index (χ1n) is 7.78. The molecule has 0 saturated heterocycles. The Labute approximate surface area is 119 Å². The van der Waals surface area contributed by atoms with E-state index >= 15 is 0 Å². The maximum Gasteiger partial charge on any atom is 0.233 e. The molecule has 0 saturated carbocycles. The van der Waals surface area contributed by atoms with Crippen LogP contribution in [-0.4, -0.2) is 15.0 Å². The Morgan fingerprint density at radius 3 is 2.05 bits per heavy atom. The molecule has 0 aromatic heterocycles. The molecule has 0 bridgehead atoms. The van der Waals surface area contributed by atoms with Gasteiger partial charge in [-0.3, -0.25) is 0 Å². The molecule has 0 amide bonds. The summed E-state index contributed by atoms with van der Waals surface area (Å²) < 4.78 is 25.6. The monoisotopic (exact) mass is 289 g/mol. The van der Waals surface area contributed by atoms with E-state index in [1.807, 2.05) is 6.92 Å². The lowest BCUT2D eigenvalue weighted by atomic mass is 10.1. The van der Waals surface area contributed by atoms with E-state index < -0.39 is 10.0 Å². The van der Waals surface area contributed by atoms with Gasteiger partial charge >= 0.3 is 0 Å². The second-order valence-electron chi connectivity index (χ2n) is 5.07. The van der Waals surface area contributed by atoms with E-state index in [0.29, 0.717) is 6.54 Å². The van der Waals surface area contributed by atoms with Crippen LogP contribution in [0.3, 0.4) is 0 Å². The second-order valence-corrected chi connectivity index (χ2v) is 6.73. The molecule has 3 nitrogen and oxygen atoms in total. The van der Waals surface area contributed by atoms with E-state index in [9.17, 15) is 8.42 Å². The van der Waals surface area contributed by atoms with Crippen LogP contribution in [0, 0.1) is 0 Å². The molecule has 0 aliphatic rings. The van der Waals surface area contributed by atoms with Crippen molar-refractivity contribution in [3.05, 3.63) is 11.5 Å². The van der Waals surface area contributed by atoms with Crippen LogP contribution in [0.4, 0.5) is 0 Å². The van der Waals surface area contributed by atoms with Gasteiger partial charge in [0.15, 0.2) is 0 Å². The molecule has 19 heavy (non-hydrogen) atoms. The average Bonchev–Trinajstić information content (AvgIpc) is 2.37. The SMILES string of the molecule is CCCCCCCCC/C=C/S(=O)(=O)NCCCC. The van der Waals surface area contributed by atoms with Crippen LogP contribution >= 0.6 is 0 Å². The summed E-state index contributed by atoms with van der Waals surface area (Å²) in [6.07, 6.45) is 13.4. The third kappa shape index (κ3) is 13.9. The van der Waals surface area contributed by atoms with Crippen molar-refractivity contribution >= 4 is 10.0 Å². The van der Waals surface area contributed by atoms with Gasteiger partial charge in [0.1, 0.15) is 0 Å². The first kappa shape index (κ1) is 18.7.